The molecule has 0 aromatic carbocycles. The second-order valence-corrected chi connectivity index (χ2v) is 8.37. The van der Waals surface area contributed by atoms with Gasteiger partial charge >= 0.3 is 0 Å². The molecule has 0 radical (unpaired) electrons. The second kappa shape index (κ2) is 4.88. The Kier molecular flexibility index (Phi) is 3.14. The number of hydrogen-bond donors (Lipinski definition) is 0. The molecule has 3 heterocycles. The fraction of sp³-hybridized carbons (Fsp3) is 0.643. The Hall–Kier alpha value is -1.74. The SMILES string of the molecule is Cc1nn(C)c(C)c1S(=O)(=O)N1CC(n2cc(C3CC3)nn2)C1. The minimum Gasteiger partial charge on any atom is -0.271 e. The summed E-state index contributed by atoms with van der Waals surface area (Å²) in [5.74, 6) is 0.560. The van der Waals surface area contributed by atoms with Crippen LogP contribution in [-0.4, -0.2) is 50.6 Å². The summed E-state index contributed by atoms with van der Waals surface area (Å²) < 4.78 is 30.5. The number of aryl methyl sites for hydroxylation is 2. The molecule has 0 bridgehead atoms. The Morgan fingerprint density at radius 3 is 2.48 bits per heavy atom. The highest BCUT2D eigenvalue weighted by molar-refractivity contribution is 7.89. The van der Waals surface area contributed by atoms with E-state index in [2.05, 4.69) is 15.4 Å². The molecule has 4 rings (SSSR count). The normalized spacial score (nSPS) is 20.0. The maximum absolute atomic E-state index is 12.8. The van der Waals surface area contributed by atoms with E-state index in [4.69, 9.17) is 0 Å². The zero-order chi connectivity index (χ0) is 16.4. The molecule has 2 fully saturated rings. The summed E-state index contributed by atoms with van der Waals surface area (Å²) >= 11 is 0. The first-order chi connectivity index (χ1) is 10.9. The zero-order valence-corrected chi connectivity index (χ0v) is 14.3. The van der Waals surface area contributed by atoms with E-state index in [1.807, 2.05) is 10.9 Å². The smallest absolute Gasteiger partial charge is 0.246 e. The van der Waals surface area contributed by atoms with Crippen molar-refractivity contribution in [3.63, 3.8) is 0 Å². The average Bonchev–Trinajstić information content (AvgIpc) is 3.09. The number of sulfonamides is 1. The lowest BCUT2D eigenvalue weighted by atomic mass is 10.2. The molecule has 0 N–H and O–H groups in total. The molecule has 1 aliphatic carbocycles. The molecule has 2 aromatic rings. The Morgan fingerprint density at radius 1 is 1.22 bits per heavy atom. The van der Waals surface area contributed by atoms with Crippen LogP contribution in [0.25, 0.3) is 0 Å². The third kappa shape index (κ3) is 2.29. The molecule has 8 nitrogen and oxygen atoms in total. The van der Waals surface area contributed by atoms with E-state index in [9.17, 15) is 8.42 Å². The third-order valence-corrected chi connectivity index (χ3v) is 6.85. The fourth-order valence-corrected chi connectivity index (χ4v) is 4.99. The van der Waals surface area contributed by atoms with Crippen molar-refractivity contribution >= 4 is 10.0 Å². The van der Waals surface area contributed by atoms with Gasteiger partial charge in [-0.1, -0.05) is 5.21 Å². The third-order valence-electron chi connectivity index (χ3n) is 4.77. The van der Waals surface area contributed by atoms with Gasteiger partial charge in [-0.25, -0.2) is 13.1 Å². The minimum atomic E-state index is -3.49. The Bertz CT molecular complexity index is 858. The van der Waals surface area contributed by atoms with Crippen LogP contribution in [0.3, 0.4) is 0 Å². The van der Waals surface area contributed by atoms with E-state index in [-0.39, 0.29) is 6.04 Å². The van der Waals surface area contributed by atoms with E-state index in [1.165, 1.54) is 17.1 Å². The number of aromatic nitrogens is 5. The summed E-state index contributed by atoms with van der Waals surface area (Å²) in [6.45, 7) is 4.38. The molecular weight excluding hydrogens is 316 g/mol. The Labute approximate surface area is 135 Å². The maximum atomic E-state index is 12.8. The summed E-state index contributed by atoms with van der Waals surface area (Å²) in [5, 5.41) is 12.6. The van der Waals surface area contributed by atoms with Crippen LogP contribution in [-0.2, 0) is 17.1 Å². The highest BCUT2D eigenvalue weighted by atomic mass is 32.2. The quantitative estimate of drug-likeness (QED) is 0.822. The second-order valence-electron chi connectivity index (χ2n) is 6.50. The molecular formula is C14H20N6O2S. The van der Waals surface area contributed by atoms with Crippen LogP contribution < -0.4 is 0 Å². The van der Waals surface area contributed by atoms with Gasteiger partial charge < -0.3 is 0 Å². The standard InChI is InChI=1S/C14H20N6O2S/c1-9-14(10(2)18(3)16-9)23(21,22)19-6-12(7-19)20-8-13(15-17-20)11-4-5-11/h8,11-12H,4-7H2,1-3H3. The first-order valence-corrected chi connectivity index (χ1v) is 9.24. The largest absolute Gasteiger partial charge is 0.271 e. The molecule has 9 heteroatoms. The first-order valence-electron chi connectivity index (χ1n) is 7.80. The predicted molar refractivity (Wildman–Crippen MR) is 82.5 cm³/mol. The van der Waals surface area contributed by atoms with Crippen molar-refractivity contribution in [3.8, 4) is 0 Å². The molecule has 1 aliphatic heterocycles. The van der Waals surface area contributed by atoms with Gasteiger partial charge in [0.15, 0.2) is 0 Å². The number of rotatable bonds is 4. The minimum absolute atomic E-state index is 0.0714. The van der Waals surface area contributed by atoms with Gasteiger partial charge in [-0.15, -0.1) is 5.10 Å². The highest BCUT2D eigenvalue weighted by Crippen LogP contribution is 2.39. The van der Waals surface area contributed by atoms with Gasteiger partial charge in [0.05, 0.1) is 23.1 Å². The molecule has 2 aliphatic rings. The number of nitrogens with zero attached hydrogens (tertiary/aromatic N) is 6. The lowest BCUT2D eigenvalue weighted by Crippen LogP contribution is -2.50. The summed E-state index contributed by atoms with van der Waals surface area (Å²) in [6, 6.07) is 0.0714. The van der Waals surface area contributed by atoms with E-state index in [0.717, 1.165) is 5.69 Å². The van der Waals surface area contributed by atoms with Crippen LogP contribution in [0.1, 0.15) is 41.9 Å². The van der Waals surface area contributed by atoms with Crippen molar-refractivity contribution in [1.29, 1.82) is 0 Å². The van der Waals surface area contributed by atoms with Gasteiger partial charge in [0.1, 0.15) is 4.90 Å². The monoisotopic (exact) mass is 336 g/mol. The van der Waals surface area contributed by atoms with Crippen molar-refractivity contribution in [2.45, 2.75) is 43.5 Å². The summed E-state index contributed by atoms with van der Waals surface area (Å²) in [6.07, 6.45) is 4.33. The predicted octanol–water partition coefficient (Wildman–Crippen LogP) is 0.751. The van der Waals surface area contributed by atoms with Crippen LogP contribution in [0.2, 0.25) is 0 Å². The summed E-state index contributed by atoms with van der Waals surface area (Å²) in [7, 11) is -1.73. The van der Waals surface area contributed by atoms with Crippen molar-refractivity contribution in [3.05, 3.63) is 23.3 Å². The van der Waals surface area contributed by atoms with Crippen molar-refractivity contribution < 1.29 is 8.42 Å². The van der Waals surface area contributed by atoms with Gasteiger partial charge in [0.2, 0.25) is 10.0 Å². The van der Waals surface area contributed by atoms with Crippen LogP contribution >= 0.6 is 0 Å². The van der Waals surface area contributed by atoms with Crippen LogP contribution in [0, 0.1) is 13.8 Å². The molecule has 0 amide bonds. The van der Waals surface area contributed by atoms with E-state index in [0.29, 0.717) is 35.3 Å². The Morgan fingerprint density at radius 2 is 1.91 bits per heavy atom. The topological polar surface area (TPSA) is 85.9 Å². The van der Waals surface area contributed by atoms with Crippen LogP contribution in [0.5, 0.6) is 0 Å². The molecule has 0 atom stereocenters. The molecule has 124 valence electrons. The molecule has 1 saturated carbocycles. The summed E-state index contributed by atoms with van der Waals surface area (Å²) in [4.78, 5) is 0.329. The summed E-state index contributed by atoms with van der Waals surface area (Å²) in [5.41, 5.74) is 2.25. The maximum Gasteiger partial charge on any atom is 0.246 e. The van der Waals surface area contributed by atoms with E-state index >= 15 is 0 Å². The lowest BCUT2D eigenvalue weighted by molar-refractivity contribution is 0.188. The van der Waals surface area contributed by atoms with Gasteiger partial charge in [-0.3, -0.25) is 4.68 Å². The van der Waals surface area contributed by atoms with Gasteiger partial charge in [-0.05, 0) is 26.7 Å². The molecule has 23 heavy (non-hydrogen) atoms. The van der Waals surface area contributed by atoms with Crippen LogP contribution in [0.15, 0.2) is 11.1 Å². The van der Waals surface area contributed by atoms with Gasteiger partial charge in [0, 0.05) is 32.3 Å². The zero-order valence-electron chi connectivity index (χ0n) is 13.5. The average molecular weight is 336 g/mol. The lowest BCUT2D eigenvalue weighted by Gasteiger charge is -2.37. The van der Waals surface area contributed by atoms with Gasteiger partial charge in [0.25, 0.3) is 0 Å². The molecule has 1 saturated heterocycles. The fourth-order valence-electron chi connectivity index (χ4n) is 3.07. The first kappa shape index (κ1) is 14.8. The van der Waals surface area contributed by atoms with Crippen LogP contribution in [0.4, 0.5) is 0 Å². The number of hydrogen-bond acceptors (Lipinski definition) is 5. The highest BCUT2D eigenvalue weighted by Gasteiger charge is 2.41. The molecule has 0 unspecified atom stereocenters. The van der Waals surface area contributed by atoms with Crippen molar-refractivity contribution in [2.75, 3.05) is 13.1 Å². The van der Waals surface area contributed by atoms with E-state index in [1.54, 1.807) is 25.6 Å². The van der Waals surface area contributed by atoms with Crippen molar-refractivity contribution in [2.24, 2.45) is 7.05 Å². The molecule has 0 spiro atoms. The van der Waals surface area contributed by atoms with Crippen molar-refractivity contribution in [1.82, 2.24) is 29.1 Å². The van der Waals surface area contributed by atoms with Gasteiger partial charge in [-0.2, -0.15) is 9.40 Å². The Balaban J connectivity index is 1.51. The van der Waals surface area contributed by atoms with E-state index < -0.39 is 10.0 Å². The molecule has 2 aromatic heterocycles.